The Bertz CT molecular complexity index is 1170. The first-order chi connectivity index (χ1) is 17.4. The van der Waals surface area contributed by atoms with Crippen LogP contribution in [0.5, 0.6) is 11.5 Å². The summed E-state index contributed by atoms with van der Waals surface area (Å²) in [6, 6.07) is 14.8. The van der Waals surface area contributed by atoms with Gasteiger partial charge in [-0.3, -0.25) is 4.79 Å². The van der Waals surface area contributed by atoms with E-state index in [4.69, 9.17) is 4.74 Å². The number of para-hydroxylation sites is 1. The predicted molar refractivity (Wildman–Crippen MR) is 140 cm³/mol. The van der Waals surface area contributed by atoms with E-state index in [1.165, 1.54) is 0 Å². The predicted octanol–water partition coefficient (Wildman–Crippen LogP) is 4.60. The smallest absolute Gasteiger partial charge is 0.161 e. The third-order valence-electron chi connectivity index (χ3n) is 7.04. The molecule has 2 aromatic rings. The molecule has 2 atom stereocenters. The maximum atomic E-state index is 13.5. The third-order valence-corrected chi connectivity index (χ3v) is 7.04. The van der Waals surface area contributed by atoms with Crippen molar-refractivity contribution in [1.82, 2.24) is 10.6 Å². The monoisotopic (exact) mass is 580 g/mol. The van der Waals surface area contributed by atoms with Crippen LogP contribution in [0.3, 0.4) is 0 Å². The Morgan fingerprint density at radius 2 is 2.00 bits per heavy atom. The van der Waals surface area contributed by atoms with Crippen LogP contribution in [-0.2, 0) is 38.4 Å². The third kappa shape index (κ3) is 7.92. The van der Waals surface area contributed by atoms with Gasteiger partial charge in [-0.1, -0.05) is 30.3 Å². The van der Waals surface area contributed by atoms with Crippen LogP contribution in [0.2, 0.25) is 0 Å². The molecule has 37 heavy (non-hydrogen) atoms. The number of carbonyl (C=O) groups excluding carboxylic acids is 2. The second kappa shape index (κ2) is 13.8. The van der Waals surface area contributed by atoms with Crippen molar-refractivity contribution in [1.29, 1.82) is 0 Å². The Balaban J connectivity index is 0.00000380. The second-order valence-electron chi connectivity index (χ2n) is 9.79. The summed E-state index contributed by atoms with van der Waals surface area (Å²) in [7, 11) is 1.64. The Hall–Kier alpha value is -2.64. The van der Waals surface area contributed by atoms with Gasteiger partial charge in [0.05, 0.1) is 7.11 Å². The fraction of sp³-hybridized carbons (Fsp3) is 0.400. The van der Waals surface area contributed by atoms with Crippen molar-refractivity contribution < 1.29 is 41.8 Å². The number of aromatic hydroxyl groups is 1. The van der Waals surface area contributed by atoms with Crippen molar-refractivity contribution in [3.8, 4) is 11.5 Å². The number of ether oxygens (including phenoxy) is 1. The number of phenols is 1. The molecule has 0 bridgehead atoms. The average molecular weight is 581 g/mol. The molecule has 1 saturated heterocycles. The van der Waals surface area contributed by atoms with Gasteiger partial charge in [0.1, 0.15) is 11.5 Å². The van der Waals surface area contributed by atoms with Gasteiger partial charge in [-0.15, -0.1) is 0 Å². The van der Waals surface area contributed by atoms with E-state index in [1.54, 1.807) is 25.3 Å². The number of Topliss-reactive ketones (excluding diaryl/α,β-unsaturated/α-hetero) is 2. The summed E-state index contributed by atoms with van der Waals surface area (Å²) in [5.41, 5.74) is 3.94. The van der Waals surface area contributed by atoms with Gasteiger partial charge in [-0.2, -0.15) is 5.70 Å². The number of carbonyl (C=O) groups is 2. The first kappa shape index (κ1) is 28.9. The zero-order valence-corrected chi connectivity index (χ0v) is 23.7. The summed E-state index contributed by atoms with van der Waals surface area (Å²) in [5, 5.41) is 16.7. The molecule has 1 aliphatic heterocycles. The summed E-state index contributed by atoms with van der Waals surface area (Å²) in [6.07, 6.45) is 6.94. The molecule has 6 nitrogen and oxygen atoms in total. The largest absolute Gasteiger partial charge is 0.508 e. The molecule has 195 valence electrons. The van der Waals surface area contributed by atoms with Crippen molar-refractivity contribution in [2.75, 3.05) is 20.2 Å². The van der Waals surface area contributed by atoms with Crippen LogP contribution in [0.4, 0.5) is 0 Å². The quantitative estimate of drug-likeness (QED) is 0.229. The van der Waals surface area contributed by atoms with Crippen LogP contribution in [0.25, 0.3) is 0 Å². The fourth-order valence-electron chi connectivity index (χ4n) is 5.21. The number of rotatable bonds is 9. The van der Waals surface area contributed by atoms with Crippen LogP contribution in [0, 0.1) is 12.0 Å². The molecule has 1 aliphatic carbocycles. The fourth-order valence-corrected chi connectivity index (χ4v) is 5.21. The number of hydrogen-bond acceptors (Lipinski definition) is 6. The minimum Gasteiger partial charge on any atom is -0.508 e. The van der Waals surface area contributed by atoms with Gasteiger partial charge in [-0.05, 0) is 92.6 Å². The van der Waals surface area contributed by atoms with Crippen LogP contribution < -0.4 is 15.4 Å². The number of allylic oxidation sites excluding steroid dienone is 4. The maximum absolute atomic E-state index is 13.5. The van der Waals surface area contributed by atoms with E-state index in [0.29, 0.717) is 42.9 Å². The van der Waals surface area contributed by atoms with Crippen molar-refractivity contribution in [3.63, 3.8) is 0 Å². The van der Waals surface area contributed by atoms with Crippen molar-refractivity contribution in [3.05, 3.63) is 82.7 Å². The van der Waals surface area contributed by atoms with Crippen molar-refractivity contribution in [2.45, 2.75) is 51.4 Å². The van der Waals surface area contributed by atoms with Gasteiger partial charge in [0.15, 0.2) is 5.78 Å². The van der Waals surface area contributed by atoms with E-state index in [2.05, 4.69) is 16.7 Å². The van der Waals surface area contributed by atoms with Crippen LogP contribution >= 0.6 is 0 Å². The molecule has 0 saturated carbocycles. The van der Waals surface area contributed by atoms with Gasteiger partial charge >= 0.3 is 0 Å². The molecule has 2 aromatic carbocycles. The standard InChI is InChI=1S/C30H35N2O4.Nb/c1-20(32-24-16-23(17-26(34)18-24)27-10-3-4-11-30(27)36-2)28(14-21-7-5-9-25(33)13-21)29(35)15-22-8-6-12-31-19-22;/h3-5,7,9-11,13,22-23,31-33H,6,8,12,14-17,19H2,1-2H3;/q-1;/b28-20+;/t22-,23?;/m1./s1. The number of piperidine rings is 1. The zero-order valence-electron chi connectivity index (χ0n) is 21.5. The molecule has 3 N–H and O–H groups in total. The van der Waals surface area contributed by atoms with Crippen LogP contribution in [-0.4, -0.2) is 36.9 Å². The molecule has 0 aromatic heterocycles. The molecule has 1 fully saturated rings. The van der Waals surface area contributed by atoms with Crippen LogP contribution in [0.1, 0.15) is 56.1 Å². The van der Waals surface area contributed by atoms with E-state index >= 15 is 0 Å². The molecule has 1 heterocycles. The summed E-state index contributed by atoms with van der Waals surface area (Å²) < 4.78 is 5.53. The minimum absolute atomic E-state index is 0. The molecule has 0 amide bonds. The molecule has 7 heteroatoms. The van der Waals surface area contributed by atoms with E-state index in [1.807, 2.05) is 37.3 Å². The normalized spacial score (nSPS) is 20.3. The summed E-state index contributed by atoms with van der Waals surface area (Å²) in [4.78, 5) is 26.1. The van der Waals surface area contributed by atoms with Crippen molar-refractivity contribution in [2.24, 2.45) is 5.92 Å². The first-order valence-electron chi connectivity index (χ1n) is 12.7. The van der Waals surface area contributed by atoms with Gasteiger partial charge in [0.2, 0.25) is 0 Å². The molecule has 0 spiro atoms. The molecule has 4 rings (SSSR count). The molecular formula is C30H35N2NbO4-. The summed E-state index contributed by atoms with van der Waals surface area (Å²) >= 11 is 0. The Kier molecular flexibility index (Phi) is 10.8. The number of benzene rings is 2. The van der Waals surface area contributed by atoms with Gasteiger partial charge in [-0.25, -0.2) is 0 Å². The Morgan fingerprint density at radius 3 is 2.73 bits per heavy atom. The molecule has 1 radical (unpaired) electrons. The number of nitrogens with one attached hydrogen (secondary N) is 2. The van der Waals surface area contributed by atoms with Gasteiger partial charge < -0.3 is 31.3 Å². The molecular weight excluding hydrogens is 545 g/mol. The molecule has 2 aliphatic rings. The van der Waals surface area contributed by atoms with Gasteiger partial charge in [0.25, 0.3) is 0 Å². The van der Waals surface area contributed by atoms with Crippen molar-refractivity contribution >= 4 is 11.6 Å². The second-order valence-corrected chi connectivity index (χ2v) is 9.79. The van der Waals surface area contributed by atoms with E-state index in [0.717, 1.165) is 48.5 Å². The van der Waals surface area contributed by atoms with Crippen LogP contribution in [0.15, 0.2) is 65.5 Å². The summed E-state index contributed by atoms with van der Waals surface area (Å²) in [5.74, 6) is 1.26. The van der Waals surface area contributed by atoms with E-state index < -0.39 is 0 Å². The topological polar surface area (TPSA) is 87.7 Å². The minimum atomic E-state index is -0.0680. The first-order valence-corrected chi connectivity index (χ1v) is 12.7. The average Bonchev–Trinajstić information content (AvgIpc) is 2.87. The summed E-state index contributed by atoms with van der Waals surface area (Å²) in [6.45, 7) is 3.75. The number of methoxy groups -OCH3 is 1. The molecule has 1 unspecified atom stereocenters. The zero-order chi connectivity index (χ0) is 25.5. The number of ketones is 2. The number of hydrogen-bond donors (Lipinski definition) is 3. The Labute approximate surface area is 235 Å². The Morgan fingerprint density at radius 1 is 1.19 bits per heavy atom. The van der Waals surface area contributed by atoms with E-state index in [-0.39, 0.29) is 45.6 Å². The number of phenolic OH excluding ortho intramolecular Hbond substituents is 1. The SMILES string of the molecule is COc1ccccc1C1CC(=O)[C-]=C(N/C(C)=C(\Cc2cccc(O)c2)C(=O)C[C@H]2CCCNC2)C1.[Nb]. The van der Waals surface area contributed by atoms with Gasteiger partial charge in [0, 0.05) is 46.5 Å². The van der Waals surface area contributed by atoms with E-state index in [9.17, 15) is 14.7 Å². The maximum Gasteiger partial charge on any atom is 0.161 e.